The van der Waals surface area contributed by atoms with Crippen LogP contribution < -0.4 is 5.73 Å². The maximum absolute atomic E-state index is 9.02. The largest absolute Gasteiger partial charge is 0.376 e. The first kappa shape index (κ1) is 9.84. The van der Waals surface area contributed by atoms with Crippen LogP contribution >= 0.6 is 0 Å². The third kappa shape index (κ3) is 3.12. The van der Waals surface area contributed by atoms with Gasteiger partial charge >= 0.3 is 0 Å². The molecule has 4 heteroatoms. The number of methoxy groups -OCH3 is 2. The van der Waals surface area contributed by atoms with Gasteiger partial charge in [-0.1, -0.05) is 0 Å². The fourth-order valence-corrected chi connectivity index (χ4v) is 0.671. The van der Waals surface area contributed by atoms with E-state index in [-0.39, 0.29) is 12.6 Å². The van der Waals surface area contributed by atoms with Gasteiger partial charge in [-0.05, 0) is 6.42 Å². The van der Waals surface area contributed by atoms with E-state index >= 15 is 0 Å². The van der Waals surface area contributed by atoms with Crippen molar-refractivity contribution < 1.29 is 14.6 Å². The Morgan fingerprint density at radius 1 is 1.40 bits per heavy atom. The molecule has 1 radical (unpaired) electrons. The van der Waals surface area contributed by atoms with E-state index in [0.717, 1.165) is 0 Å². The van der Waals surface area contributed by atoms with Crippen molar-refractivity contribution in [3.05, 3.63) is 0 Å². The van der Waals surface area contributed by atoms with Crippen LogP contribution in [-0.2, 0) is 9.47 Å². The average molecular weight is 148 g/mol. The fraction of sp³-hybridized carbons (Fsp3) is 1.00. The summed E-state index contributed by atoms with van der Waals surface area (Å²) in [5.41, 5.74) is 6.86. The highest BCUT2D eigenvalue weighted by Crippen LogP contribution is 2.02. The molecule has 0 aliphatic rings. The molecule has 0 fully saturated rings. The number of ether oxygens (including phenoxy) is 2. The summed E-state index contributed by atoms with van der Waals surface area (Å²) in [7, 11) is 2.89. The molecule has 2 N–H and O–H groups in total. The van der Waals surface area contributed by atoms with E-state index in [9.17, 15) is 0 Å². The second-order valence-corrected chi connectivity index (χ2v) is 1.94. The first-order valence-corrected chi connectivity index (χ1v) is 3.14. The molecule has 0 aliphatic carbocycles. The number of hydrogen-bond donors (Lipinski definition) is 1. The van der Waals surface area contributed by atoms with Crippen LogP contribution in [0.1, 0.15) is 6.42 Å². The summed E-state index contributed by atoms with van der Waals surface area (Å²) in [4.78, 5) is 0. The number of hydrogen-bond acceptors (Lipinski definition) is 3. The van der Waals surface area contributed by atoms with Crippen LogP contribution in [0.25, 0.3) is 0 Å². The van der Waals surface area contributed by atoms with E-state index in [4.69, 9.17) is 15.6 Å². The topological polar surface area (TPSA) is 62.5 Å². The van der Waals surface area contributed by atoms with Crippen LogP contribution in [0.2, 0.25) is 0 Å². The summed E-state index contributed by atoms with van der Waals surface area (Å²) in [5.74, 6) is 0. The summed E-state index contributed by atoms with van der Waals surface area (Å²) in [6, 6.07) is 0. The van der Waals surface area contributed by atoms with Gasteiger partial charge in [0.15, 0.2) is 6.29 Å². The minimum atomic E-state index is -0.907. The van der Waals surface area contributed by atoms with Crippen molar-refractivity contribution >= 4 is 0 Å². The Morgan fingerprint density at radius 2 is 2.00 bits per heavy atom. The number of nitrogens with one attached hydrogen (secondary N) is 1. The smallest absolute Gasteiger partial charge is 0.180 e. The van der Waals surface area contributed by atoms with Crippen LogP contribution in [0.5, 0.6) is 0 Å². The molecule has 4 nitrogen and oxygen atoms in total. The van der Waals surface area contributed by atoms with Crippen molar-refractivity contribution in [1.29, 1.82) is 0 Å². The average Bonchev–Trinajstić information content (AvgIpc) is 1.99. The van der Waals surface area contributed by atoms with Crippen molar-refractivity contribution in [1.82, 2.24) is 5.73 Å². The molecular weight excluding hydrogens is 134 g/mol. The second kappa shape index (κ2) is 5.61. The summed E-state index contributed by atoms with van der Waals surface area (Å²) >= 11 is 0. The maximum atomic E-state index is 9.02. The lowest BCUT2D eigenvalue weighted by atomic mass is 10.2. The van der Waals surface area contributed by atoms with E-state index in [1.165, 1.54) is 14.2 Å². The van der Waals surface area contributed by atoms with Crippen LogP contribution in [0.15, 0.2) is 0 Å². The molecular formula is C6H14NO3. The van der Waals surface area contributed by atoms with Crippen molar-refractivity contribution in [3.63, 3.8) is 0 Å². The highest BCUT2D eigenvalue weighted by molar-refractivity contribution is 4.59. The summed E-state index contributed by atoms with van der Waals surface area (Å²) in [6.45, 7) is 0.235. The molecule has 0 aliphatic heterocycles. The van der Waals surface area contributed by atoms with Gasteiger partial charge in [0.05, 0.1) is 0 Å². The van der Waals surface area contributed by atoms with E-state index in [1.807, 2.05) is 0 Å². The SMILES string of the molecule is COC(O)C(CC[NH])OC. The van der Waals surface area contributed by atoms with Gasteiger partial charge in [0.25, 0.3) is 0 Å². The zero-order chi connectivity index (χ0) is 7.98. The quantitative estimate of drug-likeness (QED) is 0.541. The molecule has 2 unspecified atom stereocenters. The Hall–Kier alpha value is -0.160. The molecule has 0 heterocycles. The monoisotopic (exact) mass is 148 g/mol. The van der Waals surface area contributed by atoms with Crippen molar-refractivity contribution in [3.8, 4) is 0 Å². The Balaban J connectivity index is 3.56. The first-order chi connectivity index (χ1) is 4.76. The minimum absolute atomic E-state index is 0.235. The summed E-state index contributed by atoms with van der Waals surface area (Å²) < 4.78 is 9.45. The van der Waals surface area contributed by atoms with Gasteiger partial charge in [0, 0.05) is 20.8 Å². The third-order valence-electron chi connectivity index (χ3n) is 1.29. The lowest BCUT2D eigenvalue weighted by Gasteiger charge is -2.18. The fourth-order valence-electron chi connectivity index (χ4n) is 0.671. The zero-order valence-electron chi connectivity index (χ0n) is 6.33. The zero-order valence-corrected chi connectivity index (χ0v) is 6.33. The van der Waals surface area contributed by atoms with Gasteiger partial charge in [-0.25, -0.2) is 0 Å². The van der Waals surface area contributed by atoms with Crippen molar-refractivity contribution in [2.75, 3.05) is 20.8 Å². The van der Waals surface area contributed by atoms with Gasteiger partial charge < -0.3 is 14.6 Å². The van der Waals surface area contributed by atoms with Gasteiger partial charge in [0.1, 0.15) is 6.10 Å². The number of aliphatic hydroxyl groups excluding tert-OH is 1. The highest BCUT2D eigenvalue weighted by Gasteiger charge is 2.16. The van der Waals surface area contributed by atoms with Crippen LogP contribution in [-0.4, -0.2) is 38.3 Å². The molecule has 0 aromatic rings. The molecule has 0 rings (SSSR count). The highest BCUT2D eigenvalue weighted by atomic mass is 16.6. The molecule has 0 bridgehead atoms. The van der Waals surface area contributed by atoms with Crippen molar-refractivity contribution in [2.45, 2.75) is 18.8 Å². The Kier molecular flexibility index (Phi) is 5.52. The Labute approximate surface area is 60.9 Å². The van der Waals surface area contributed by atoms with Crippen LogP contribution in [0.3, 0.4) is 0 Å². The molecule has 0 amide bonds. The number of rotatable bonds is 5. The summed E-state index contributed by atoms with van der Waals surface area (Å²) in [6.07, 6.45) is -0.788. The first-order valence-electron chi connectivity index (χ1n) is 3.14. The maximum Gasteiger partial charge on any atom is 0.180 e. The molecule has 0 saturated carbocycles. The van der Waals surface area contributed by atoms with Gasteiger partial charge in [-0.15, -0.1) is 0 Å². The predicted octanol–water partition coefficient (Wildman–Crippen LogP) is -0.361. The van der Waals surface area contributed by atoms with Crippen molar-refractivity contribution in [2.24, 2.45) is 0 Å². The van der Waals surface area contributed by atoms with Gasteiger partial charge in [0.2, 0.25) is 0 Å². The minimum Gasteiger partial charge on any atom is -0.376 e. The molecule has 0 aromatic carbocycles. The normalized spacial score (nSPS) is 16.8. The summed E-state index contributed by atoms with van der Waals surface area (Å²) in [5, 5.41) is 9.02. The lowest BCUT2D eigenvalue weighted by molar-refractivity contribution is -0.155. The molecule has 0 spiro atoms. The lowest BCUT2D eigenvalue weighted by Crippen LogP contribution is -2.30. The standard InChI is InChI=1S/C6H14NO3/c1-9-5(3-4-7)6(8)10-2/h5-8H,3-4H2,1-2H3. The predicted molar refractivity (Wildman–Crippen MR) is 36.4 cm³/mol. The third-order valence-corrected chi connectivity index (χ3v) is 1.29. The molecule has 10 heavy (non-hydrogen) atoms. The van der Waals surface area contributed by atoms with E-state index < -0.39 is 6.29 Å². The Morgan fingerprint density at radius 3 is 2.30 bits per heavy atom. The van der Waals surface area contributed by atoms with Gasteiger partial charge in [-0.2, -0.15) is 0 Å². The van der Waals surface area contributed by atoms with Crippen LogP contribution in [0.4, 0.5) is 0 Å². The second-order valence-electron chi connectivity index (χ2n) is 1.94. The van der Waals surface area contributed by atoms with Crippen LogP contribution in [0, 0.1) is 0 Å². The van der Waals surface area contributed by atoms with Gasteiger partial charge in [-0.3, -0.25) is 5.73 Å². The van der Waals surface area contributed by atoms with E-state index in [0.29, 0.717) is 6.42 Å². The molecule has 0 saturated heterocycles. The Bertz CT molecular complexity index is 79.4. The molecule has 61 valence electrons. The molecule has 0 aromatic heterocycles. The number of aliphatic hydroxyl groups is 1. The van der Waals surface area contributed by atoms with E-state index in [2.05, 4.69) is 4.74 Å². The molecule has 2 atom stereocenters. The van der Waals surface area contributed by atoms with E-state index in [1.54, 1.807) is 0 Å².